The molecule has 0 spiro atoms. The van der Waals surface area contributed by atoms with E-state index in [1.54, 1.807) is 16.4 Å². The average molecular weight is 434 g/mol. The molecule has 31 heavy (non-hydrogen) atoms. The minimum atomic E-state index is -0.199. The third-order valence-electron chi connectivity index (χ3n) is 4.63. The molecule has 2 heterocycles. The average Bonchev–Trinajstić information content (AvgIpc) is 3.46. The van der Waals surface area contributed by atoms with Crippen molar-refractivity contribution < 1.29 is 9.53 Å². The summed E-state index contributed by atoms with van der Waals surface area (Å²) in [5.74, 6) is 0.618. The van der Waals surface area contributed by atoms with E-state index >= 15 is 0 Å². The molecule has 0 aliphatic rings. The van der Waals surface area contributed by atoms with Crippen LogP contribution in [0.3, 0.4) is 0 Å². The minimum Gasteiger partial charge on any atom is -0.491 e. The van der Waals surface area contributed by atoms with E-state index in [1.165, 1.54) is 17.7 Å². The first-order valence-electron chi connectivity index (χ1n) is 9.98. The van der Waals surface area contributed by atoms with Crippen molar-refractivity contribution in [2.75, 3.05) is 0 Å². The highest BCUT2D eigenvalue weighted by Gasteiger charge is 2.15. The number of nitrogens with one attached hydrogen (secondary N) is 1. The lowest BCUT2D eigenvalue weighted by molar-refractivity contribution is 0.0935. The number of aromatic nitrogens is 4. The van der Waals surface area contributed by atoms with E-state index in [1.807, 2.05) is 69.3 Å². The van der Waals surface area contributed by atoms with Crippen molar-refractivity contribution in [2.24, 2.45) is 0 Å². The number of amides is 1. The second kappa shape index (κ2) is 9.09. The van der Waals surface area contributed by atoms with Crippen molar-refractivity contribution in [2.45, 2.75) is 32.9 Å². The van der Waals surface area contributed by atoms with Crippen molar-refractivity contribution in [1.82, 2.24) is 25.1 Å². The van der Waals surface area contributed by atoms with Gasteiger partial charge >= 0.3 is 0 Å². The second-order valence-corrected chi connectivity index (χ2v) is 8.21. The Labute approximate surface area is 184 Å². The van der Waals surface area contributed by atoms with Crippen LogP contribution in [-0.4, -0.2) is 31.8 Å². The Balaban J connectivity index is 1.40. The third kappa shape index (κ3) is 4.97. The summed E-state index contributed by atoms with van der Waals surface area (Å²) < 4.78 is 7.36. The maximum Gasteiger partial charge on any atom is 0.271 e. The summed E-state index contributed by atoms with van der Waals surface area (Å²) in [6, 6.07) is 15.4. The molecule has 158 valence electrons. The van der Waals surface area contributed by atoms with Crippen LogP contribution in [0, 0.1) is 0 Å². The molecule has 1 unspecified atom stereocenters. The van der Waals surface area contributed by atoms with Crippen molar-refractivity contribution in [1.29, 1.82) is 0 Å². The van der Waals surface area contributed by atoms with Crippen molar-refractivity contribution >= 4 is 17.2 Å². The second-order valence-electron chi connectivity index (χ2n) is 7.36. The van der Waals surface area contributed by atoms with E-state index in [9.17, 15) is 4.79 Å². The quantitative estimate of drug-likeness (QED) is 0.458. The van der Waals surface area contributed by atoms with Crippen LogP contribution in [0.2, 0.25) is 0 Å². The lowest BCUT2D eigenvalue weighted by atomic mass is 10.1. The van der Waals surface area contributed by atoms with E-state index in [-0.39, 0.29) is 18.1 Å². The number of carbonyl (C=O) groups excluding carboxylic acids is 1. The fourth-order valence-electron chi connectivity index (χ4n) is 3.07. The summed E-state index contributed by atoms with van der Waals surface area (Å²) in [6.45, 7) is 5.93. The molecule has 1 N–H and O–H groups in total. The van der Waals surface area contributed by atoms with Crippen LogP contribution in [0.15, 0.2) is 66.6 Å². The van der Waals surface area contributed by atoms with Gasteiger partial charge in [-0.25, -0.2) is 14.6 Å². The van der Waals surface area contributed by atoms with Gasteiger partial charge in [0.25, 0.3) is 5.91 Å². The molecular weight excluding hydrogens is 410 g/mol. The molecule has 0 bridgehead atoms. The van der Waals surface area contributed by atoms with E-state index in [2.05, 4.69) is 20.4 Å². The van der Waals surface area contributed by atoms with Crippen LogP contribution in [-0.2, 0) is 0 Å². The predicted molar refractivity (Wildman–Crippen MR) is 121 cm³/mol. The molecule has 7 nitrogen and oxygen atoms in total. The topological polar surface area (TPSA) is 81.9 Å². The summed E-state index contributed by atoms with van der Waals surface area (Å²) in [7, 11) is 0. The SMILES string of the molecule is CC(C)Oc1ccc(-c2nc(C(=O)NC(C)c3ccc(-n4cncn4)cc3)cs2)cc1. The first-order chi connectivity index (χ1) is 15.0. The number of hydrogen-bond acceptors (Lipinski definition) is 6. The Morgan fingerprint density at radius 1 is 1.06 bits per heavy atom. The van der Waals surface area contributed by atoms with E-state index < -0.39 is 0 Å². The van der Waals surface area contributed by atoms with Gasteiger partial charge in [-0.2, -0.15) is 5.10 Å². The molecule has 0 fully saturated rings. The maximum absolute atomic E-state index is 12.7. The highest BCUT2D eigenvalue weighted by atomic mass is 32.1. The summed E-state index contributed by atoms with van der Waals surface area (Å²) in [4.78, 5) is 21.2. The molecule has 1 atom stereocenters. The van der Waals surface area contributed by atoms with Gasteiger partial charge in [0, 0.05) is 10.9 Å². The Bertz CT molecular complexity index is 1140. The molecular formula is C23H23N5O2S. The molecule has 2 aromatic carbocycles. The summed E-state index contributed by atoms with van der Waals surface area (Å²) in [5.41, 5.74) is 3.27. The summed E-state index contributed by atoms with van der Waals surface area (Å²) >= 11 is 1.45. The van der Waals surface area contributed by atoms with Crippen LogP contribution in [0.1, 0.15) is 42.9 Å². The molecule has 2 aromatic heterocycles. The predicted octanol–water partition coefficient (Wildman–Crippen LogP) is 4.67. The first kappa shape index (κ1) is 20.7. The number of thiazole rings is 1. The molecule has 4 rings (SSSR count). The zero-order chi connectivity index (χ0) is 21.8. The zero-order valence-corrected chi connectivity index (χ0v) is 18.3. The van der Waals surface area contributed by atoms with E-state index in [0.29, 0.717) is 5.69 Å². The first-order valence-corrected chi connectivity index (χ1v) is 10.9. The van der Waals surface area contributed by atoms with Crippen molar-refractivity contribution in [3.8, 4) is 22.0 Å². The highest BCUT2D eigenvalue weighted by Crippen LogP contribution is 2.26. The molecule has 0 aliphatic carbocycles. The van der Waals surface area contributed by atoms with Gasteiger partial charge in [0.2, 0.25) is 0 Å². The molecule has 0 aliphatic heterocycles. The van der Waals surface area contributed by atoms with Gasteiger partial charge in [-0.3, -0.25) is 4.79 Å². The largest absolute Gasteiger partial charge is 0.491 e. The third-order valence-corrected chi connectivity index (χ3v) is 5.53. The monoisotopic (exact) mass is 433 g/mol. The van der Waals surface area contributed by atoms with Gasteiger partial charge in [0.15, 0.2) is 0 Å². The van der Waals surface area contributed by atoms with Gasteiger partial charge in [0.1, 0.15) is 29.1 Å². The number of carbonyl (C=O) groups is 1. The van der Waals surface area contributed by atoms with Gasteiger partial charge in [-0.1, -0.05) is 12.1 Å². The van der Waals surface area contributed by atoms with Gasteiger partial charge in [-0.15, -0.1) is 11.3 Å². The van der Waals surface area contributed by atoms with Crippen LogP contribution in [0.5, 0.6) is 5.75 Å². The van der Waals surface area contributed by atoms with Crippen LogP contribution in [0.25, 0.3) is 16.3 Å². The number of benzene rings is 2. The van der Waals surface area contributed by atoms with Crippen molar-refractivity contribution in [3.05, 3.63) is 77.8 Å². The number of hydrogen-bond donors (Lipinski definition) is 1. The molecule has 8 heteroatoms. The Morgan fingerprint density at radius 3 is 2.45 bits per heavy atom. The van der Waals surface area contributed by atoms with Crippen LogP contribution >= 0.6 is 11.3 Å². The van der Waals surface area contributed by atoms with Crippen molar-refractivity contribution in [3.63, 3.8) is 0 Å². The normalized spacial score (nSPS) is 12.0. The zero-order valence-electron chi connectivity index (χ0n) is 17.5. The van der Waals surface area contributed by atoms with Gasteiger partial charge in [0.05, 0.1) is 17.8 Å². The highest BCUT2D eigenvalue weighted by molar-refractivity contribution is 7.13. The smallest absolute Gasteiger partial charge is 0.271 e. The molecule has 4 aromatic rings. The van der Waals surface area contributed by atoms with E-state index in [4.69, 9.17) is 4.74 Å². The lowest BCUT2D eigenvalue weighted by Crippen LogP contribution is -2.26. The summed E-state index contributed by atoms with van der Waals surface area (Å²) in [5, 5.41) is 9.71. The van der Waals surface area contributed by atoms with Gasteiger partial charge < -0.3 is 10.1 Å². The molecule has 0 radical (unpaired) electrons. The Morgan fingerprint density at radius 2 is 1.81 bits per heavy atom. The number of ether oxygens (including phenoxy) is 1. The maximum atomic E-state index is 12.7. The minimum absolute atomic E-state index is 0.127. The van der Waals surface area contributed by atoms with E-state index in [0.717, 1.165) is 27.6 Å². The fourth-order valence-corrected chi connectivity index (χ4v) is 3.88. The Kier molecular flexibility index (Phi) is 6.08. The summed E-state index contributed by atoms with van der Waals surface area (Å²) in [6.07, 6.45) is 3.26. The standard InChI is InChI=1S/C23H23N5O2S/c1-15(2)30-20-10-6-18(7-11-20)23-27-21(12-31-23)22(29)26-16(3)17-4-8-19(9-5-17)28-14-24-13-25-28/h4-16H,1-3H3,(H,26,29). The van der Waals surface area contributed by atoms with Crippen LogP contribution < -0.4 is 10.1 Å². The molecule has 1 amide bonds. The lowest BCUT2D eigenvalue weighted by Gasteiger charge is -2.14. The van der Waals surface area contributed by atoms with Gasteiger partial charge in [-0.05, 0) is 62.7 Å². The number of nitrogens with zero attached hydrogens (tertiary/aromatic N) is 4. The molecule has 0 saturated heterocycles. The van der Waals surface area contributed by atoms with Crippen LogP contribution in [0.4, 0.5) is 0 Å². The fraction of sp³-hybridized carbons (Fsp3) is 0.217. The Hall–Kier alpha value is -3.52. The number of rotatable bonds is 7. The molecule has 0 saturated carbocycles.